The second-order valence-corrected chi connectivity index (χ2v) is 8.53. The van der Waals surface area contributed by atoms with E-state index in [1.807, 2.05) is 38.1 Å². The van der Waals surface area contributed by atoms with Crippen molar-refractivity contribution in [3.63, 3.8) is 0 Å². The molecule has 0 spiro atoms. The molecule has 3 rings (SSSR count). The molecule has 1 N–H and O–H groups in total. The third kappa shape index (κ3) is 4.72. The quantitative estimate of drug-likeness (QED) is 0.845. The minimum atomic E-state index is -0.514. The topological polar surface area (TPSA) is 41.6 Å². The van der Waals surface area contributed by atoms with E-state index in [9.17, 15) is 4.79 Å². The number of carbonyl (C=O) groups is 1. The van der Waals surface area contributed by atoms with Gasteiger partial charge in [0.1, 0.15) is 5.75 Å². The van der Waals surface area contributed by atoms with E-state index in [1.165, 1.54) is 12.8 Å². The Bertz CT molecular complexity index is 601. The highest BCUT2D eigenvalue weighted by atomic mass is 35.5. The second-order valence-electron chi connectivity index (χ2n) is 8.53. The number of carbonyl (C=O) groups excluding carboxylic acids is 1. The number of halogens is 1. The van der Waals surface area contributed by atoms with Crippen LogP contribution in [0.4, 0.5) is 0 Å². The number of hydrogen-bond acceptors (Lipinski definition) is 3. The molecule has 0 radical (unpaired) electrons. The molecule has 2 saturated heterocycles. The van der Waals surface area contributed by atoms with E-state index < -0.39 is 5.41 Å². The monoisotopic (exact) mass is 380 g/mol. The molecule has 1 amide bonds. The lowest BCUT2D eigenvalue weighted by Gasteiger charge is -2.33. The second kappa shape index (κ2) is 8.62. The average Bonchev–Trinajstić information content (AvgIpc) is 2.91. The molecule has 0 aliphatic carbocycles. The first-order valence-corrected chi connectivity index (χ1v) is 9.65. The smallest absolute Gasteiger partial charge is 0.232 e. The molecule has 2 atom stereocenters. The summed E-state index contributed by atoms with van der Waals surface area (Å²) in [6.07, 6.45) is 3.52. The zero-order valence-corrected chi connectivity index (χ0v) is 17.3. The fraction of sp³-hybridized carbons (Fsp3) is 0.667. The van der Waals surface area contributed by atoms with Crippen LogP contribution >= 0.6 is 12.4 Å². The predicted octanol–water partition coefficient (Wildman–Crippen LogP) is 3.77. The van der Waals surface area contributed by atoms with Crippen molar-refractivity contribution in [2.24, 2.45) is 5.92 Å². The van der Waals surface area contributed by atoms with Crippen molar-refractivity contribution in [1.82, 2.24) is 10.2 Å². The Labute approximate surface area is 164 Å². The molecule has 26 heavy (non-hydrogen) atoms. The van der Waals surface area contributed by atoms with Crippen LogP contribution in [0, 0.1) is 5.92 Å². The van der Waals surface area contributed by atoms with Gasteiger partial charge >= 0.3 is 0 Å². The Morgan fingerprint density at radius 2 is 1.85 bits per heavy atom. The normalized spacial score (nSPS) is 22.7. The Morgan fingerprint density at radius 3 is 2.50 bits per heavy atom. The van der Waals surface area contributed by atoms with Crippen molar-refractivity contribution >= 4 is 18.3 Å². The maximum absolute atomic E-state index is 13.2. The number of rotatable bonds is 5. The number of nitrogens with one attached hydrogen (secondary N) is 1. The van der Waals surface area contributed by atoms with Gasteiger partial charge in [0.15, 0.2) is 0 Å². The molecule has 2 aliphatic heterocycles. The molecule has 2 fully saturated rings. The van der Waals surface area contributed by atoms with Gasteiger partial charge in [0.25, 0.3) is 0 Å². The summed E-state index contributed by atoms with van der Waals surface area (Å²) in [6.45, 7) is 10.8. The summed E-state index contributed by atoms with van der Waals surface area (Å²) < 4.78 is 5.76. The summed E-state index contributed by atoms with van der Waals surface area (Å²) in [6, 6.07) is 9.12. The first-order valence-electron chi connectivity index (χ1n) is 9.65. The molecular weight excluding hydrogens is 348 g/mol. The van der Waals surface area contributed by atoms with Gasteiger partial charge in [-0.2, -0.15) is 0 Å². The van der Waals surface area contributed by atoms with Gasteiger partial charge < -0.3 is 15.0 Å². The molecule has 0 aromatic heterocycles. The fourth-order valence-corrected chi connectivity index (χ4v) is 3.88. The Morgan fingerprint density at radius 1 is 1.19 bits per heavy atom. The van der Waals surface area contributed by atoms with E-state index in [-0.39, 0.29) is 18.3 Å². The van der Waals surface area contributed by atoms with Gasteiger partial charge in [-0.15, -0.1) is 12.4 Å². The zero-order chi connectivity index (χ0) is 18.0. The highest BCUT2D eigenvalue weighted by Gasteiger charge is 2.38. The lowest BCUT2D eigenvalue weighted by atomic mass is 9.83. The van der Waals surface area contributed by atoms with Gasteiger partial charge in [-0.1, -0.05) is 26.0 Å². The summed E-state index contributed by atoms with van der Waals surface area (Å²) in [7, 11) is 0. The van der Waals surface area contributed by atoms with Crippen molar-refractivity contribution in [1.29, 1.82) is 0 Å². The molecule has 1 aromatic carbocycles. The van der Waals surface area contributed by atoms with Crippen LogP contribution in [0.1, 0.15) is 52.5 Å². The van der Waals surface area contributed by atoms with E-state index in [0.29, 0.717) is 24.6 Å². The fourth-order valence-electron chi connectivity index (χ4n) is 3.88. The molecule has 2 unspecified atom stereocenters. The third-order valence-electron chi connectivity index (χ3n) is 5.50. The van der Waals surface area contributed by atoms with Crippen LogP contribution in [0.15, 0.2) is 24.3 Å². The lowest BCUT2D eigenvalue weighted by molar-refractivity contribution is -0.136. The molecule has 2 heterocycles. The summed E-state index contributed by atoms with van der Waals surface area (Å²) in [4.78, 5) is 15.3. The van der Waals surface area contributed by atoms with Crippen LogP contribution in [-0.2, 0) is 10.2 Å². The molecular formula is C21H33ClN2O2. The van der Waals surface area contributed by atoms with Crippen LogP contribution in [0.2, 0.25) is 0 Å². The lowest BCUT2D eigenvalue weighted by Crippen LogP contribution is -2.47. The summed E-state index contributed by atoms with van der Waals surface area (Å²) >= 11 is 0. The number of likely N-dealkylation sites (tertiary alicyclic amines) is 1. The van der Waals surface area contributed by atoms with Crippen LogP contribution in [0.5, 0.6) is 5.75 Å². The minimum absolute atomic E-state index is 0. The number of fused-ring (bicyclic) bond motifs is 2. The number of hydrogen-bond donors (Lipinski definition) is 1. The van der Waals surface area contributed by atoms with Crippen molar-refractivity contribution in [3.8, 4) is 5.75 Å². The summed E-state index contributed by atoms with van der Waals surface area (Å²) in [5, 5.41) is 3.65. The largest absolute Gasteiger partial charge is 0.493 e. The average molecular weight is 381 g/mol. The number of ether oxygens (including phenoxy) is 1. The van der Waals surface area contributed by atoms with Gasteiger partial charge in [-0.3, -0.25) is 4.79 Å². The minimum Gasteiger partial charge on any atom is -0.493 e. The maximum Gasteiger partial charge on any atom is 0.232 e. The van der Waals surface area contributed by atoms with Gasteiger partial charge in [0.2, 0.25) is 5.91 Å². The zero-order valence-electron chi connectivity index (χ0n) is 16.5. The van der Waals surface area contributed by atoms with Crippen LogP contribution < -0.4 is 10.1 Å². The maximum atomic E-state index is 13.2. The van der Waals surface area contributed by atoms with E-state index in [1.54, 1.807) is 0 Å². The van der Waals surface area contributed by atoms with E-state index in [0.717, 1.165) is 30.8 Å². The molecule has 1 aromatic rings. The molecule has 5 heteroatoms. The van der Waals surface area contributed by atoms with Crippen LogP contribution in [0.3, 0.4) is 0 Å². The van der Waals surface area contributed by atoms with Crippen molar-refractivity contribution in [2.45, 2.75) is 64.5 Å². The standard InChI is InChI=1S/C21H32N2O2.ClH/c1-15(2)14-25-19-9-5-16(6-10-19)21(3,4)20(24)23-12-11-17-7-8-18(13-23)22-17;/h5-6,9-10,15,17-18,22H,7-8,11-14H2,1-4H3;1H. The highest BCUT2D eigenvalue weighted by Crippen LogP contribution is 2.30. The summed E-state index contributed by atoms with van der Waals surface area (Å²) in [5.74, 6) is 1.61. The molecule has 146 valence electrons. The predicted molar refractivity (Wildman–Crippen MR) is 108 cm³/mol. The first-order chi connectivity index (χ1) is 11.9. The highest BCUT2D eigenvalue weighted by molar-refractivity contribution is 5.87. The van der Waals surface area contributed by atoms with E-state index >= 15 is 0 Å². The van der Waals surface area contributed by atoms with Gasteiger partial charge in [-0.05, 0) is 56.7 Å². The Balaban J connectivity index is 0.00000243. The SMILES string of the molecule is CC(C)COc1ccc(C(C)(C)C(=O)N2CCC3CCC(C2)N3)cc1.Cl. The van der Waals surface area contributed by atoms with E-state index in [2.05, 4.69) is 24.1 Å². The first kappa shape index (κ1) is 21.0. The van der Waals surface area contributed by atoms with Crippen molar-refractivity contribution in [3.05, 3.63) is 29.8 Å². The Kier molecular flexibility index (Phi) is 6.98. The van der Waals surface area contributed by atoms with E-state index in [4.69, 9.17) is 4.74 Å². The molecule has 0 saturated carbocycles. The van der Waals surface area contributed by atoms with Gasteiger partial charge in [0, 0.05) is 25.2 Å². The van der Waals surface area contributed by atoms with Crippen LogP contribution in [0.25, 0.3) is 0 Å². The Hall–Kier alpha value is -1.26. The molecule has 2 aliphatic rings. The number of amides is 1. The third-order valence-corrected chi connectivity index (χ3v) is 5.50. The van der Waals surface area contributed by atoms with Crippen molar-refractivity contribution < 1.29 is 9.53 Å². The van der Waals surface area contributed by atoms with Gasteiger partial charge in [-0.25, -0.2) is 0 Å². The molecule has 4 nitrogen and oxygen atoms in total. The number of nitrogens with zero attached hydrogens (tertiary/aromatic N) is 1. The van der Waals surface area contributed by atoms with Crippen molar-refractivity contribution in [2.75, 3.05) is 19.7 Å². The van der Waals surface area contributed by atoms with Crippen LogP contribution in [-0.4, -0.2) is 42.6 Å². The van der Waals surface area contributed by atoms with Gasteiger partial charge in [0.05, 0.1) is 12.0 Å². The number of benzene rings is 1. The summed E-state index contributed by atoms with van der Waals surface area (Å²) in [5.41, 5.74) is 0.539. The molecule has 2 bridgehead atoms.